The lowest BCUT2D eigenvalue weighted by Crippen LogP contribution is -2.62. The number of aliphatic hydroxyl groups excluding tert-OH is 2. The maximum absolute atomic E-state index is 14.1. The third-order valence-corrected chi connectivity index (χ3v) is 12.3. The number of anilines is 1. The van der Waals surface area contributed by atoms with Gasteiger partial charge in [0, 0.05) is 38.3 Å². The summed E-state index contributed by atoms with van der Waals surface area (Å²) in [5, 5.41) is 47.4. The Morgan fingerprint density at radius 1 is 0.966 bits per heavy atom. The normalized spacial score (nSPS) is 37.1. The number of hydrogen-bond donors (Lipinski definition) is 4. The Kier molecular flexibility index (Phi) is 16.0. The molecule has 0 aromatic heterocycles. The van der Waals surface area contributed by atoms with E-state index in [1.807, 2.05) is 56.1 Å². The highest BCUT2D eigenvalue weighted by atomic mass is 16.7. The van der Waals surface area contributed by atoms with Crippen LogP contribution in [0.4, 0.5) is 10.5 Å². The highest BCUT2D eigenvalue weighted by Crippen LogP contribution is 2.38. The van der Waals surface area contributed by atoms with E-state index in [-0.39, 0.29) is 24.8 Å². The van der Waals surface area contributed by atoms with Crippen LogP contribution < -0.4 is 14.4 Å². The average Bonchev–Trinajstić information content (AvgIpc) is 3.19. The standard InChI is InChI=1S/C44H69N3O11/c1-13-35-44(8,53)38(49)30(6)45(9)25-26(2)24-43(7,52)39(28(4)36(48)29(5)40(50)57-35)58-41-37(56-33-21-19-32(54-12)20-22-33)34(23-27(3)55-41)47(11)42(51)46(10)31-17-15-14-16-18-31/h14-22,26-30,34-39,41,48-49,52-53H,13,23-25H2,1-12H3/t26-,27-,28+,29-,30-,34+,35-,36+,37-,38-,39-,41+,43-,44-/m1/s1. The number of para-hydroxylation sites is 1. The molecule has 14 heteroatoms. The molecule has 0 aliphatic carbocycles. The fourth-order valence-corrected chi connectivity index (χ4v) is 8.67. The van der Waals surface area contributed by atoms with E-state index < -0.39 is 84.0 Å². The number of carbonyl (C=O) groups is 2. The first-order valence-corrected chi connectivity index (χ1v) is 20.5. The van der Waals surface area contributed by atoms with E-state index in [9.17, 15) is 30.0 Å². The van der Waals surface area contributed by atoms with Crippen LogP contribution in [0.25, 0.3) is 0 Å². The number of cyclic esters (lactones) is 1. The van der Waals surface area contributed by atoms with Crippen molar-refractivity contribution in [3.8, 4) is 11.5 Å². The second kappa shape index (κ2) is 19.7. The number of nitrogens with zero attached hydrogens (tertiary/aromatic N) is 3. The van der Waals surface area contributed by atoms with E-state index in [0.29, 0.717) is 30.2 Å². The summed E-state index contributed by atoms with van der Waals surface area (Å²) in [7, 11) is 6.81. The Labute approximate surface area is 345 Å². The molecule has 2 heterocycles. The van der Waals surface area contributed by atoms with Crippen molar-refractivity contribution in [3.05, 3.63) is 54.6 Å². The number of aliphatic hydroxyl groups is 4. The van der Waals surface area contributed by atoms with Gasteiger partial charge in [0.05, 0.1) is 43.0 Å². The van der Waals surface area contributed by atoms with Gasteiger partial charge in [-0.15, -0.1) is 0 Å². The van der Waals surface area contributed by atoms with Gasteiger partial charge in [0.1, 0.15) is 29.3 Å². The fraction of sp³-hybridized carbons (Fsp3) is 0.682. The van der Waals surface area contributed by atoms with Crippen LogP contribution >= 0.6 is 0 Å². The molecule has 0 radical (unpaired) electrons. The Morgan fingerprint density at radius 3 is 2.16 bits per heavy atom. The Hall–Kier alpha value is -3.50. The zero-order chi connectivity index (χ0) is 43.3. The summed E-state index contributed by atoms with van der Waals surface area (Å²) < 4.78 is 31.3. The van der Waals surface area contributed by atoms with Gasteiger partial charge < -0.3 is 53.9 Å². The molecule has 2 aliphatic rings. The number of urea groups is 1. The topological polar surface area (TPSA) is 171 Å². The molecule has 0 bridgehead atoms. The zero-order valence-corrected chi connectivity index (χ0v) is 36.4. The van der Waals surface area contributed by atoms with Crippen LogP contribution in [0.3, 0.4) is 0 Å². The highest BCUT2D eigenvalue weighted by Gasteiger charge is 2.51. The van der Waals surface area contributed by atoms with Gasteiger partial charge in [-0.25, -0.2) is 4.79 Å². The fourth-order valence-electron chi connectivity index (χ4n) is 8.67. The van der Waals surface area contributed by atoms with Crippen LogP contribution in [0.2, 0.25) is 0 Å². The molecule has 0 spiro atoms. The number of carbonyl (C=O) groups excluding carboxylic acids is 2. The minimum atomic E-state index is -1.80. The van der Waals surface area contributed by atoms with Gasteiger partial charge in [-0.2, -0.15) is 0 Å². The molecule has 0 saturated carbocycles. The molecule has 4 rings (SSSR count). The van der Waals surface area contributed by atoms with E-state index in [1.165, 1.54) is 13.8 Å². The van der Waals surface area contributed by atoms with Crippen molar-refractivity contribution in [2.45, 2.75) is 141 Å². The molecule has 2 saturated heterocycles. The lowest BCUT2D eigenvalue weighted by molar-refractivity contribution is -0.293. The number of methoxy groups -OCH3 is 1. The predicted octanol–water partition coefficient (Wildman–Crippen LogP) is 4.70. The number of ether oxygens (including phenoxy) is 5. The molecule has 0 unspecified atom stereocenters. The SMILES string of the molecule is CC[C@H]1OC(=O)[C@H](C)[C@@H](O)[C@H](C)[C@@H](O[C@@H]2O[C@H](C)C[C@H](N(C)C(=O)N(C)c3ccccc3)[C@H]2Oc2ccc(OC)cc2)[C@](C)(O)C[C@@H](C)CN(C)[C@H](C)[C@@H](O)[C@]1(C)O. The van der Waals surface area contributed by atoms with Crippen LogP contribution in [0, 0.1) is 17.8 Å². The molecule has 2 aromatic carbocycles. The van der Waals surface area contributed by atoms with Gasteiger partial charge in [-0.3, -0.25) is 9.69 Å². The lowest BCUT2D eigenvalue weighted by atomic mass is 9.78. The van der Waals surface area contributed by atoms with Crippen LogP contribution in [0.5, 0.6) is 11.5 Å². The molecule has 2 amide bonds. The van der Waals surface area contributed by atoms with E-state index in [4.69, 9.17) is 23.7 Å². The zero-order valence-electron chi connectivity index (χ0n) is 36.4. The summed E-state index contributed by atoms with van der Waals surface area (Å²) in [6, 6.07) is 14.9. The Bertz CT molecular complexity index is 1610. The third kappa shape index (κ3) is 10.8. The van der Waals surface area contributed by atoms with Crippen molar-refractivity contribution in [1.82, 2.24) is 9.80 Å². The summed E-state index contributed by atoms with van der Waals surface area (Å²) in [4.78, 5) is 32.9. The largest absolute Gasteiger partial charge is 0.497 e. The van der Waals surface area contributed by atoms with Gasteiger partial charge >= 0.3 is 12.0 Å². The lowest BCUT2D eigenvalue weighted by Gasteiger charge is -2.48. The Morgan fingerprint density at radius 2 is 1.57 bits per heavy atom. The first-order chi connectivity index (χ1) is 27.1. The second-order valence-electron chi connectivity index (χ2n) is 17.2. The van der Waals surface area contributed by atoms with Crippen molar-refractivity contribution < 1.29 is 53.7 Å². The maximum Gasteiger partial charge on any atom is 0.324 e. The van der Waals surface area contributed by atoms with E-state index in [2.05, 4.69) is 0 Å². The van der Waals surface area contributed by atoms with Crippen LogP contribution in [-0.2, 0) is 19.0 Å². The highest BCUT2D eigenvalue weighted by molar-refractivity contribution is 5.91. The summed E-state index contributed by atoms with van der Waals surface area (Å²) >= 11 is 0. The molecule has 14 nitrogen and oxygen atoms in total. The van der Waals surface area contributed by atoms with Crippen LogP contribution in [0.1, 0.15) is 74.7 Å². The molecule has 4 N–H and O–H groups in total. The predicted molar refractivity (Wildman–Crippen MR) is 221 cm³/mol. The number of rotatable bonds is 8. The van der Waals surface area contributed by atoms with Crippen molar-refractivity contribution >= 4 is 17.7 Å². The minimum Gasteiger partial charge on any atom is -0.497 e. The van der Waals surface area contributed by atoms with Crippen LogP contribution in [-0.4, -0.2) is 143 Å². The second-order valence-corrected chi connectivity index (χ2v) is 17.2. The maximum atomic E-state index is 14.1. The van der Waals surface area contributed by atoms with Gasteiger partial charge in [0.15, 0.2) is 12.4 Å². The van der Waals surface area contributed by atoms with Crippen molar-refractivity contribution in [2.75, 3.05) is 39.7 Å². The van der Waals surface area contributed by atoms with Gasteiger partial charge in [-0.05, 0) is 103 Å². The molecule has 2 aromatic rings. The number of benzene rings is 2. The molecule has 14 atom stereocenters. The van der Waals surface area contributed by atoms with Gasteiger partial charge in [-0.1, -0.05) is 39.0 Å². The smallest absolute Gasteiger partial charge is 0.324 e. The molecule has 326 valence electrons. The van der Waals surface area contributed by atoms with Gasteiger partial charge in [0.25, 0.3) is 0 Å². The monoisotopic (exact) mass is 815 g/mol. The van der Waals surface area contributed by atoms with Gasteiger partial charge in [0.2, 0.25) is 0 Å². The summed E-state index contributed by atoms with van der Waals surface area (Å²) in [5.74, 6) is -1.87. The molecule has 58 heavy (non-hydrogen) atoms. The number of amides is 2. The molecule has 2 fully saturated rings. The number of likely N-dealkylation sites (N-methyl/N-ethyl adjacent to an activating group) is 2. The Balaban J connectivity index is 1.78. The van der Waals surface area contributed by atoms with Crippen LogP contribution in [0.15, 0.2) is 54.6 Å². The molecule has 2 aliphatic heterocycles. The molecular formula is C44H69N3O11. The third-order valence-electron chi connectivity index (χ3n) is 12.3. The minimum absolute atomic E-state index is 0.181. The molecular weight excluding hydrogens is 746 g/mol. The first-order valence-electron chi connectivity index (χ1n) is 20.5. The summed E-state index contributed by atoms with van der Waals surface area (Å²) in [6.07, 6.45) is -6.63. The van der Waals surface area contributed by atoms with Crippen molar-refractivity contribution in [1.29, 1.82) is 0 Å². The van der Waals surface area contributed by atoms with Crippen molar-refractivity contribution in [3.63, 3.8) is 0 Å². The van der Waals surface area contributed by atoms with E-state index >= 15 is 0 Å². The van der Waals surface area contributed by atoms with Crippen molar-refractivity contribution in [2.24, 2.45) is 17.8 Å². The first kappa shape index (κ1) is 47.2. The van der Waals surface area contributed by atoms with E-state index in [1.54, 1.807) is 83.0 Å². The summed E-state index contributed by atoms with van der Waals surface area (Å²) in [5.41, 5.74) is -2.72. The average molecular weight is 816 g/mol. The quantitative estimate of drug-likeness (QED) is 0.272. The van der Waals surface area contributed by atoms with E-state index in [0.717, 1.165) is 0 Å². The summed E-state index contributed by atoms with van der Waals surface area (Å²) in [6.45, 7) is 14.1. The number of esters is 1. The number of hydrogen-bond acceptors (Lipinski definition) is 12.